The van der Waals surface area contributed by atoms with E-state index < -0.39 is 5.97 Å². The van der Waals surface area contributed by atoms with Gasteiger partial charge in [-0.15, -0.1) is 11.3 Å². The summed E-state index contributed by atoms with van der Waals surface area (Å²) in [7, 11) is 0. The van der Waals surface area contributed by atoms with Crippen molar-refractivity contribution in [3.63, 3.8) is 0 Å². The first-order chi connectivity index (χ1) is 11.5. The lowest BCUT2D eigenvalue weighted by molar-refractivity contribution is -0.113. The zero-order valence-corrected chi connectivity index (χ0v) is 14.4. The molecule has 122 valence electrons. The van der Waals surface area contributed by atoms with Gasteiger partial charge < -0.3 is 10.4 Å². The van der Waals surface area contributed by atoms with Gasteiger partial charge in [-0.1, -0.05) is 30.0 Å². The van der Waals surface area contributed by atoms with Gasteiger partial charge in [-0.05, 0) is 36.8 Å². The second kappa shape index (κ2) is 7.02. The average Bonchev–Trinajstić information content (AvgIpc) is 2.97. The lowest BCUT2D eigenvalue weighted by Gasteiger charge is -2.08. The molecule has 0 radical (unpaired) electrons. The van der Waals surface area contributed by atoms with Gasteiger partial charge in [-0.3, -0.25) is 4.79 Å². The Kier molecular flexibility index (Phi) is 4.82. The molecule has 0 aliphatic heterocycles. The van der Waals surface area contributed by atoms with Crippen LogP contribution in [0.3, 0.4) is 0 Å². The molecule has 0 aliphatic carbocycles. The van der Waals surface area contributed by atoms with Gasteiger partial charge in [0.05, 0.1) is 21.5 Å². The Morgan fingerprint density at radius 1 is 1.25 bits per heavy atom. The number of fused-ring (bicyclic) bond motifs is 1. The molecule has 0 bridgehead atoms. The maximum atomic E-state index is 12.1. The maximum absolute atomic E-state index is 12.1. The molecule has 2 N–H and O–H groups in total. The van der Waals surface area contributed by atoms with E-state index in [1.807, 2.05) is 31.2 Å². The topological polar surface area (TPSA) is 79.3 Å². The normalized spacial score (nSPS) is 10.7. The van der Waals surface area contributed by atoms with Crippen molar-refractivity contribution >= 4 is 50.9 Å². The molecule has 0 spiro atoms. The molecule has 0 fully saturated rings. The molecule has 0 saturated heterocycles. The van der Waals surface area contributed by atoms with Crippen molar-refractivity contribution in [3.05, 3.63) is 53.6 Å². The Morgan fingerprint density at radius 2 is 2.04 bits per heavy atom. The largest absolute Gasteiger partial charge is 0.478 e. The molecule has 2 aromatic carbocycles. The van der Waals surface area contributed by atoms with Crippen LogP contribution in [0.4, 0.5) is 5.69 Å². The quantitative estimate of drug-likeness (QED) is 0.673. The highest BCUT2D eigenvalue weighted by Crippen LogP contribution is 2.29. The van der Waals surface area contributed by atoms with E-state index in [2.05, 4.69) is 10.3 Å². The third-order valence-electron chi connectivity index (χ3n) is 3.36. The van der Waals surface area contributed by atoms with Crippen molar-refractivity contribution in [1.29, 1.82) is 0 Å². The monoisotopic (exact) mass is 358 g/mol. The molecule has 1 amide bonds. The van der Waals surface area contributed by atoms with E-state index in [4.69, 9.17) is 5.11 Å². The average molecular weight is 358 g/mol. The molecule has 7 heteroatoms. The van der Waals surface area contributed by atoms with Gasteiger partial charge >= 0.3 is 5.97 Å². The molecule has 3 aromatic rings. The number of aromatic nitrogens is 1. The Hall–Kier alpha value is -2.38. The number of nitrogens with zero attached hydrogens (tertiary/aromatic N) is 1. The molecule has 0 saturated carbocycles. The van der Waals surface area contributed by atoms with E-state index >= 15 is 0 Å². The lowest BCUT2D eigenvalue weighted by atomic mass is 10.1. The van der Waals surface area contributed by atoms with Gasteiger partial charge in [0.25, 0.3) is 0 Å². The number of hydrogen-bond donors (Lipinski definition) is 2. The fourth-order valence-corrected chi connectivity index (χ4v) is 3.98. The van der Waals surface area contributed by atoms with E-state index in [9.17, 15) is 9.59 Å². The first kappa shape index (κ1) is 16.5. The number of carbonyl (C=O) groups excluding carboxylic acids is 1. The number of aryl methyl sites for hydroxylation is 1. The van der Waals surface area contributed by atoms with Crippen molar-refractivity contribution < 1.29 is 14.7 Å². The van der Waals surface area contributed by atoms with Crippen molar-refractivity contribution in [2.24, 2.45) is 0 Å². The van der Waals surface area contributed by atoms with Crippen LogP contribution < -0.4 is 5.32 Å². The number of aromatic carboxylic acids is 1. The van der Waals surface area contributed by atoms with Crippen LogP contribution in [0.25, 0.3) is 10.2 Å². The number of para-hydroxylation sites is 1. The number of anilines is 1. The van der Waals surface area contributed by atoms with Crippen LogP contribution in [-0.4, -0.2) is 27.7 Å². The number of carboxylic acid groups (broad SMARTS) is 1. The number of amides is 1. The van der Waals surface area contributed by atoms with Crippen LogP contribution in [0.5, 0.6) is 0 Å². The zero-order valence-electron chi connectivity index (χ0n) is 12.8. The number of hydrogen-bond acceptors (Lipinski definition) is 5. The Labute approximate surface area is 146 Å². The van der Waals surface area contributed by atoms with Crippen LogP contribution >= 0.6 is 23.1 Å². The third-order valence-corrected chi connectivity index (χ3v) is 5.54. The second-order valence-corrected chi connectivity index (χ2v) is 7.37. The Bertz CT molecular complexity index is 888. The van der Waals surface area contributed by atoms with Crippen molar-refractivity contribution in [1.82, 2.24) is 4.98 Å². The molecule has 0 aliphatic rings. The highest BCUT2D eigenvalue weighted by atomic mass is 32.2. The van der Waals surface area contributed by atoms with Crippen molar-refractivity contribution in [2.75, 3.05) is 11.1 Å². The summed E-state index contributed by atoms with van der Waals surface area (Å²) in [5.74, 6) is -0.990. The van der Waals surface area contributed by atoms with E-state index in [0.29, 0.717) is 5.69 Å². The Balaban J connectivity index is 1.65. The predicted molar refractivity (Wildman–Crippen MR) is 97.1 cm³/mol. The summed E-state index contributed by atoms with van der Waals surface area (Å²) < 4.78 is 1.92. The number of carboxylic acids is 1. The summed E-state index contributed by atoms with van der Waals surface area (Å²) in [6.07, 6.45) is 0. The minimum atomic E-state index is -1.02. The highest BCUT2D eigenvalue weighted by molar-refractivity contribution is 8.01. The van der Waals surface area contributed by atoms with E-state index in [1.165, 1.54) is 23.9 Å². The minimum Gasteiger partial charge on any atom is -0.478 e. The van der Waals surface area contributed by atoms with Crippen LogP contribution in [0.15, 0.2) is 46.8 Å². The molecule has 0 atom stereocenters. The van der Waals surface area contributed by atoms with Gasteiger partial charge in [0.2, 0.25) is 5.91 Å². The smallest absolute Gasteiger partial charge is 0.335 e. The van der Waals surface area contributed by atoms with Gasteiger partial charge in [0, 0.05) is 5.69 Å². The summed E-state index contributed by atoms with van der Waals surface area (Å²) in [6.45, 7) is 1.82. The third kappa shape index (κ3) is 3.74. The summed E-state index contributed by atoms with van der Waals surface area (Å²) in [5.41, 5.74) is 2.41. The summed E-state index contributed by atoms with van der Waals surface area (Å²) >= 11 is 2.92. The number of benzene rings is 2. The number of carbonyl (C=O) groups is 2. The SMILES string of the molecule is Cc1ccc(C(=O)O)cc1NC(=O)CSc1nc2ccccc2s1. The molecular weight excluding hydrogens is 344 g/mol. The van der Waals surface area contributed by atoms with Crippen LogP contribution in [0, 0.1) is 6.92 Å². The summed E-state index contributed by atoms with van der Waals surface area (Å²) in [5, 5.41) is 11.8. The van der Waals surface area contributed by atoms with Crippen molar-refractivity contribution in [2.45, 2.75) is 11.3 Å². The minimum absolute atomic E-state index is 0.148. The number of thiazole rings is 1. The standard InChI is InChI=1S/C17H14N2O3S2/c1-10-6-7-11(16(21)22)8-13(10)18-15(20)9-23-17-19-12-4-2-3-5-14(12)24-17/h2-8H,9H2,1H3,(H,18,20)(H,21,22). The van der Waals surface area contributed by atoms with Crippen LogP contribution in [-0.2, 0) is 4.79 Å². The van der Waals surface area contributed by atoms with Crippen molar-refractivity contribution in [3.8, 4) is 0 Å². The number of thioether (sulfide) groups is 1. The summed E-state index contributed by atoms with van der Waals surface area (Å²) in [4.78, 5) is 27.6. The summed E-state index contributed by atoms with van der Waals surface area (Å²) in [6, 6.07) is 12.5. The number of nitrogens with one attached hydrogen (secondary N) is 1. The first-order valence-electron chi connectivity index (χ1n) is 7.15. The van der Waals surface area contributed by atoms with Gasteiger partial charge in [0.1, 0.15) is 0 Å². The molecule has 1 heterocycles. The van der Waals surface area contributed by atoms with E-state index in [-0.39, 0.29) is 17.2 Å². The molecule has 0 unspecified atom stereocenters. The Morgan fingerprint density at radius 3 is 2.79 bits per heavy atom. The fourth-order valence-electron chi connectivity index (χ4n) is 2.12. The van der Waals surface area contributed by atoms with Crippen LogP contribution in [0.1, 0.15) is 15.9 Å². The maximum Gasteiger partial charge on any atom is 0.335 e. The van der Waals surface area contributed by atoms with Gasteiger partial charge in [-0.25, -0.2) is 9.78 Å². The predicted octanol–water partition coefficient (Wildman–Crippen LogP) is 4.03. The first-order valence-corrected chi connectivity index (χ1v) is 8.95. The highest BCUT2D eigenvalue weighted by Gasteiger charge is 2.11. The van der Waals surface area contributed by atoms with E-state index in [0.717, 1.165) is 20.1 Å². The van der Waals surface area contributed by atoms with Gasteiger partial charge in [-0.2, -0.15) is 0 Å². The molecule has 1 aromatic heterocycles. The molecule has 24 heavy (non-hydrogen) atoms. The van der Waals surface area contributed by atoms with Gasteiger partial charge in [0.15, 0.2) is 4.34 Å². The fraction of sp³-hybridized carbons (Fsp3) is 0.118. The molecule has 5 nitrogen and oxygen atoms in total. The second-order valence-electron chi connectivity index (χ2n) is 5.12. The van der Waals surface area contributed by atoms with Crippen LogP contribution in [0.2, 0.25) is 0 Å². The van der Waals surface area contributed by atoms with E-state index in [1.54, 1.807) is 17.4 Å². The lowest BCUT2D eigenvalue weighted by Crippen LogP contribution is -2.15. The molecular formula is C17H14N2O3S2. The molecule has 3 rings (SSSR count). The zero-order chi connectivity index (χ0) is 17.1. The number of rotatable bonds is 5.